The number of hydrogen-bond acceptors (Lipinski definition) is 6. The van der Waals surface area contributed by atoms with Crippen molar-refractivity contribution in [1.29, 1.82) is 5.41 Å². The van der Waals surface area contributed by atoms with Gasteiger partial charge in [0.15, 0.2) is 5.96 Å². The van der Waals surface area contributed by atoms with E-state index in [1.54, 1.807) is 0 Å². The van der Waals surface area contributed by atoms with Crippen LogP contribution in [0.3, 0.4) is 0 Å². The fraction of sp³-hybridized carbons (Fsp3) is 0.833. The van der Waals surface area contributed by atoms with E-state index in [1.807, 2.05) is 0 Å². The van der Waals surface area contributed by atoms with Gasteiger partial charge in [0.25, 0.3) is 0 Å². The molecule has 0 radical (unpaired) electrons. The molecule has 1 unspecified atom stereocenters. The van der Waals surface area contributed by atoms with Gasteiger partial charge >= 0.3 is 0 Å². The van der Waals surface area contributed by atoms with Gasteiger partial charge in [-0.25, -0.2) is 0 Å². The molecule has 10 heteroatoms. The number of nitrogens with one attached hydrogen (secondary N) is 4. The van der Waals surface area contributed by atoms with Crippen LogP contribution in [-0.4, -0.2) is 62.2 Å². The van der Waals surface area contributed by atoms with Gasteiger partial charge in [0.05, 0.1) is 18.4 Å². The summed E-state index contributed by atoms with van der Waals surface area (Å²) in [7, 11) is 0. The smallest absolute Gasteiger partial charge is 0.224 e. The molecule has 0 heterocycles. The number of guanidine groups is 1. The van der Waals surface area contributed by atoms with Gasteiger partial charge < -0.3 is 38.3 Å². The molecule has 0 bridgehead atoms. The van der Waals surface area contributed by atoms with Crippen molar-refractivity contribution < 1.29 is 14.7 Å². The third-order valence-electron chi connectivity index (χ3n) is 4.53. The molecule has 0 aromatic rings. The number of unbranched alkanes of at least 4 members (excludes halogenated alkanes) is 3. The molecule has 164 valence electrons. The lowest BCUT2D eigenvalue weighted by molar-refractivity contribution is -0.135. The van der Waals surface area contributed by atoms with Gasteiger partial charge in [0.2, 0.25) is 11.8 Å². The van der Waals surface area contributed by atoms with Crippen LogP contribution in [0.4, 0.5) is 0 Å². The van der Waals surface area contributed by atoms with Gasteiger partial charge in [-0.1, -0.05) is 12.8 Å². The molecule has 2 amide bonds. The summed E-state index contributed by atoms with van der Waals surface area (Å²) in [6.07, 6.45) is 5.50. The second kappa shape index (κ2) is 17.2. The normalized spacial score (nSPS) is 12.9. The molecule has 0 saturated carbocycles. The highest BCUT2D eigenvalue weighted by atomic mass is 16.3. The van der Waals surface area contributed by atoms with Crippen molar-refractivity contribution in [1.82, 2.24) is 16.0 Å². The topological polar surface area (TPSA) is 192 Å². The zero-order chi connectivity index (χ0) is 21.2. The molecule has 0 aromatic heterocycles. The number of carbonyl (C=O) groups is 2. The van der Waals surface area contributed by atoms with Crippen molar-refractivity contribution in [2.45, 2.75) is 44.9 Å². The van der Waals surface area contributed by atoms with Crippen LogP contribution in [0.1, 0.15) is 44.9 Å². The zero-order valence-corrected chi connectivity index (χ0v) is 16.8. The second-order valence-corrected chi connectivity index (χ2v) is 6.88. The number of rotatable bonds is 18. The van der Waals surface area contributed by atoms with Crippen molar-refractivity contribution in [3.63, 3.8) is 0 Å². The maximum Gasteiger partial charge on any atom is 0.224 e. The Balaban J connectivity index is 4.25. The molecule has 0 rings (SSSR count). The van der Waals surface area contributed by atoms with E-state index in [1.165, 1.54) is 0 Å². The first-order valence-corrected chi connectivity index (χ1v) is 10.1. The molecule has 2 atom stereocenters. The Morgan fingerprint density at radius 1 is 0.857 bits per heavy atom. The maximum atomic E-state index is 12.5. The third-order valence-corrected chi connectivity index (χ3v) is 4.53. The van der Waals surface area contributed by atoms with Crippen LogP contribution in [0.15, 0.2) is 0 Å². The summed E-state index contributed by atoms with van der Waals surface area (Å²) < 4.78 is 0. The van der Waals surface area contributed by atoms with Gasteiger partial charge in [-0.3, -0.25) is 15.0 Å². The SMILES string of the molecule is N=C(N)NCCCCCC(C(=O)NCCCCNCCCN)[C@@H](CO)C(N)=O. The first kappa shape index (κ1) is 26.1. The first-order valence-electron chi connectivity index (χ1n) is 10.1. The Bertz CT molecular complexity index is 449. The average Bonchev–Trinajstić information content (AvgIpc) is 2.65. The third kappa shape index (κ3) is 13.3. The van der Waals surface area contributed by atoms with E-state index in [-0.39, 0.29) is 11.9 Å². The Morgan fingerprint density at radius 2 is 1.46 bits per heavy atom. The number of amides is 2. The molecular formula is C18H39N7O3. The molecule has 11 N–H and O–H groups in total. The van der Waals surface area contributed by atoms with Crippen molar-refractivity contribution in [2.75, 3.05) is 39.3 Å². The number of aliphatic hydroxyl groups excluding tert-OH is 1. The van der Waals surface area contributed by atoms with E-state index in [0.717, 1.165) is 45.2 Å². The number of hydrogen-bond donors (Lipinski definition) is 8. The lowest BCUT2D eigenvalue weighted by Gasteiger charge is -2.22. The molecule has 0 fully saturated rings. The minimum Gasteiger partial charge on any atom is -0.396 e. The van der Waals surface area contributed by atoms with Gasteiger partial charge in [-0.05, 0) is 51.7 Å². The van der Waals surface area contributed by atoms with Gasteiger partial charge in [-0.2, -0.15) is 0 Å². The molecule has 0 saturated heterocycles. The molecule has 0 aliphatic carbocycles. The predicted octanol–water partition coefficient (Wildman–Crippen LogP) is -1.43. The molecule has 0 aromatic carbocycles. The van der Waals surface area contributed by atoms with Crippen LogP contribution < -0.4 is 33.2 Å². The van der Waals surface area contributed by atoms with E-state index in [0.29, 0.717) is 32.5 Å². The number of aliphatic hydroxyl groups is 1. The number of carbonyl (C=O) groups excluding carboxylic acids is 2. The summed E-state index contributed by atoms with van der Waals surface area (Å²) in [5.41, 5.74) is 16.0. The van der Waals surface area contributed by atoms with Crippen LogP contribution in [0.2, 0.25) is 0 Å². The maximum absolute atomic E-state index is 12.5. The molecule has 0 spiro atoms. The highest BCUT2D eigenvalue weighted by molar-refractivity contribution is 5.87. The summed E-state index contributed by atoms with van der Waals surface area (Å²) in [5, 5.41) is 25.4. The molecular weight excluding hydrogens is 362 g/mol. The lowest BCUT2D eigenvalue weighted by Crippen LogP contribution is -2.42. The highest BCUT2D eigenvalue weighted by Crippen LogP contribution is 2.20. The summed E-state index contributed by atoms with van der Waals surface area (Å²) in [4.78, 5) is 24.1. The van der Waals surface area contributed by atoms with Crippen LogP contribution in [0.5, 0.6) is 0 Å². The van der Waals surface area contributed by atoms with E-state index < -0.39 is 24.3 Å². The van der Waals surface area contributed by atoms with Crippen molar-refractivity contribution in [3.8, 4) is 0 Å². The summed E-state index contributed by atoms with van der Waals surface area (Å²) >= 11 is 0. The number of nitrogens with two attached hydrogens (primary N) is 3. The minimum absolute atomic E-state index is 0.0686. The van der Waals surface area contributed by atoms with E-state index in [2.05, 4.69) is 16.0 Å². The molecule has 28 heavy (non-hydrogen) atoms. The number of primary amides is 1. The van der Waals surface area contributed by atoms with Gasteiger partial charge in [0, 0.05) is 13.1 Å². The average molecular weight is 402 g/mol. The zero-order valence-electron chi connectivity index (χ0n) is 16.8. The quantitative estimate of drug-likeness (QED) is 0.0783. The van der Waals surface area contributed by atoms with Gasteiger partial charge in [-0.15, -0.1) is 0 Å². The minimum atomic E-state index is -0.881. The van der Waals surface area contributed by atoms with Crippen LogP contribution in [-0.2, 0) is 9.59 Å². The standard InChI is InChI=1S/C18H39N7O3/c19-8-6-10-23-9-4-5-11-24-17(28)14(15(13-26)16(20)27)7-2-1-3-12-25-18(21)22/h14-15,23,26H,1-13,19H2,(H2,20,27)(H,24,28)(H4,21,22,25)/t14?,15-/m1/s1. The molecule has 10 nitrogen and oxygen atoms in total. The summed E-state index contributed by atoms with van der Waals surface area (Å²) in [6.45, 7) is 3.10. The largest absolute Gasteiger partial charge is 0.396 e. The molecule has 0 aliphatic heterocycles. The van der Waals surface area contributed by atoms with E-state index >= 15 is 0 Å². The van der Waals surface area contributed by atoms with E-state index in [9.17, 15) is 14.7 Å². The highest BCUT2D eigenvalue weighted by Gasteiger charge is 2.31. The van der Waals surface area contributed by atoms with Crippen LogP contribution >= 0.6 is 0 Å². The Morgan fingerprint density at radius 3 is 2.07 bits per heavy atom. The van der Waals surface area contributed by atoms with Crippen molar-refractivity contribution >= 4 is 17.8 Å². The van der Waals surface area contributed by atoms with Crippen molar-refractivity contribution in [2.24, 2.45) is 29.0 Å². The van der Waals surface area contributed by atoms with Gasteiger partial charge in [0.1, 0.15) is 0 Å². The second-order valence-electron chi connectivity index (χ2n) is 6.88. The fourth-order valence-electron chi connectivity index (χ4n) is 2.89. The molecule has 0 aliphatic rings. The van der Waals surface area contributed by atoms with Crippen molar-refractivity contribution in [3.05, 3.63) is 0 Å². The first-order chi connectivity index (χ1) is 13.4. The van der Waals surface area contributed by atoms with Crippen LogP contribution in [0, 0.1) is 17.2 Å². The van der Waals surface area contributed by atoms with E-state index in [4.69, 9.17) is 22.6 Å². The Kier molecular flexibility index (Phi) is 16.0. The van der Waals surface area contributed by atoms with Crippen LogP contribution in [0.25, 0.3) is 0 Å². The summed E-state index contributed by atoms with van der Waals surface area (Å²) in [5.74, 6) is -2.49. The lowest BCUT2D eigenvalue weighted by atomic mass is 9.86. The Labute approximate surface area is 167 Å². The monoisotopic (exact) mass is 401 g/mol. The predicted molar refractivity (Wildman–Crippen MR) is 110 cm³/mol. The fourth-order valence-corrected chi connectivity index (χ4v) is 2.89. The summed E-state index contributed by atoms with van der Waals surface area (Å²) in [6, 6.07) is 0. The Hall–Kier alpha value is -1.91.